The Morgan fingerprint density at radius 1 is 1.14 bits per heavy atom. The summed E-state index contributed by atoms with van der Waals surface area (Å²) < 4.78 is 10.9. The van der Waals surface area contributed by atoms with Gasteiger partial charge in [0.05, 0.1) is 13.7 Å². The van der Waals surface area contributed by atoms with Gasteiger partial charge in [-0.1, -0.05) is 30.3 Å². The van der Waals surface area contributed by atoms with E-state index in [9.17, 15) is 9.59 Å². The van der Waals surface area contributed by atoms with Crippen molar-refractivity contribution in [3.63, 3.8) is 0 Å². The zero-order chi connectivity index (χ0) is 20.5. The number of anilines is 1. The second-order valence-electron chi connectivity index (χ2n) is 6.48. The first-order valence-electron chi connectivity index (χ1n) is 9.33. The average Bonchev–Trinajstić information content (AvgIpc) is 2.71. The molecule has 2 aromatic rings. The molecule has 0 radical (unpaired) electrons. The molecule has 28 heavy (non-hydrogen) atoms. The van der Waals surface area contributed by atoms with E-state index in [1.165, 1.54) is 0 Å². The topological polar surface area (TPSA) is 67.9 Å². The van der Waals surface area contributed by atoms with Gasteiger partial charge in [-0.25, -0.2) is 0 Å². The summed E-state index contributed by atoms with van der Waals surface area (Å²) in [5.41, 5.74) is 2.50. The summed E-state index contributed by atoms with van der Waals surface area (Å²) in [4.78, 5) is 26.0. The normalized spacial score (nSPS) is 11.6. The molecule has 2 amide bonds. The molecular weight excluding hydrogens is 356 g/mol. The maximum Gasteiger partial charge on any atom is 0.253 e. The molecule has 0 aliphatic rings. The number of hydrogen-bond acceptors (Lipinski definition) is 4. The van der Waals surface area contributed by atoms with Crippen molar-refractivity contribution < 1.29 is 19.1 Å². The smallest absolute Gasteiger partial charge is 0.253 e. The van der Waals surface area contributed by atoms with E-state index in [4.69, 9.17) is 9.47 Å². The van der Waals surface area contributed by atoms with Gasteiger partial charge >= 0.3 is 0 Å². The third-order valence-electron chi connectivity index (χ3n) is 4.47. The van der Waals surface area contributed by atoms with E-state index in [-0.39, 0.29) is 11.8 Å². The number of rotatable bonds is 9. The molecule has 0 heterocycles. The molecule has 0 aliphatic carbocycles. The first-order valence-corrected chi connectivity index (χ1v) is 9.33. The zero-order valence-corrected chi connectivity index (χ0v) is 16.9. The van der Waals surface area contributed by atoms with E-state index in [0.717, 1.165) is 16.9 Å². The van der Waals surface area contributed by atoms with Gasteiger partial charge in [-0.05, 0) is 43.2 Å². The first kappa shape index (κ1) is 21.4. The van der Waals surface area contributed by atoms with Crippen molar-refractivity contribution in [3.05, 3.63) is 59.7 Å². The fourth-order valence-electron chi connectivity index (χ4n) is 2.73. The van der Waals surface area contributed by atoms with Gasteiger partial charge in [0.15, 0.2) is 0 Å². The molecule has 1 unspecified atom stereocenters. The molecule has 0 fully saturated rings. The van der Waals surface area contributed by atoms with Crippen molar-refractivity contribution in [2.75, 3.05) is 19.0 Å². The summed E-state index contributed by atoms with van der Waals surface area (Å²) in [6.45, 7) is 6.54. The molecule has 2 aromatic carbocycles. The highest BCUT2D eigenvalue weighted by atomic mass is 16.5. The molecule has 6 nitrogen and oxygen atoms in total. The van der Waals surface area contributed by atoms with Crippen LogP contribution < -0.4 is 10.1 Å². The van der Waals surface area contributed by atoms with Gasteiger partial charge in [-0.3, -0.25) is 9.59 Å². The Labute approximate surface area is 166 Å². The van der Waals surface area contributed by atoms with Crippen LogP contribution in [0.25, 0.3) is 0 Å². The minimum Gasteiger partial charge on any atom is -0.497 e. The molecular formula is C22H28N2O4. The van der Waals surface area contributed by atoms with Crippen LogP contribution in [0.5, 0.6) is 5.75 Å². The van der Waals surface area contributed by atoms with Gasteiger partial charge in [0.2, 0.25) is 5.91 Å². The Morgan fingerprint density at radius 2 is 1.89 bits per heavy atom. The molecule has 0 aliphatic heterocycles. The van der Waals surface area contributed by atoms with Crippen LogP contribution in [-0.2, 0) is 27.5 Å². The van der Waals surface area contributed by atoms with Crippen LogP contribution in [0.3, 0.4) is 0 Å². The minimum atomic E-state index is -0.630. The number of hydrogen-bond donors (Lipinski definition) is 1. The molecule has 0 saturated heterocycles. The van der Waals surface area contributed by atoms with Crippen LogP contribution in [0.4, 0.5) is 5.69 Å². The number of para-hydroxylation sites is 1. The number of nitrogens with zero attached hydrogens (tertiary/aromatic N) is 1. The van der Waals surface area contributed by atoms with Crippen molar-refractivity contribution in [1.29, 1.82) is 0 Å². The summed E-state index contributed by atoms with van der Waals surface area (Å²) in [5, 5.41) is 2.91. The lowest BCUT2D eigenvalue weighted by Gasteiger charge is -2.21. The lowest BCUT2D eigenvalue weighted by Crippen LogP contribution is -2.30. The van der Waals surface area contributed by atoms with Crippen molar-refractivity contribution in [1.82, 2.24) is 4.90 Å². The highest BCUT2D eigenvalue weighted by molar-refractivity contribution is 5.94. The summed E-state index contributed by atoms with van der Waals surface area (Å²) in [6.07, 6.45) is -0.630. The number of carbonyl (C=O) groups excluding carboxylic acids is 2. The summed E-state index contributed by atoms with van der Waals surface area (Å²) in [6, 6.07) is 15.0. The first-order chi connectivity index (χ1) is 13.4. The van der Waals surface area contributed by atoms with Crippen molar-refractivity contribution >= 4 is 17.5 Å². The molecule has 1 atom stereocenters. The molecule has 0 saturated carbocycles. The van der Waals surface area contributed by atoms with E-state index in [1.54, 1.807) is 25.9 Å². The maximum atomic E-state index is 12.6. The van der Waals surface area contributed by atoms with Gasteiger partial charge < -0.3 is 19.7 Å². The third-order valence-corrected chi connectivity index (χ3v) is 4.47. The molecule has 1 N–H and O–H groups in total. The Hall–Kier alpha value is -2.86. The SMILES string of the molecule is CCN(Cc1ccccc1NC(=O)C(C)OCc1cccc(OC)c1)C(C)=O. The minimum absolute atomic E-state index is 0.00128. The van der Waals surface area contributed by atoms with Crippen LogP contribution in [0.15, 0.2) is 48.5 Å². The number of amides is 2. The summed E-state index contributed by atoms with van der Waals surface area (Å²) in [5.74, 6) is 0.512. The number of nitrogens with one attached hydrogen (secondary N) is 1. The van der Waals surface area contributed by atoms with E-state index in [2.05, 4.69) is 5.32 Å². The van der Waals surface area contributed by atoms with Crippen LogP contribution in [0.2, 0.25) is 0 Å². The van der Waals surface area contributed by atoms with E-state index < -0.39 is 6.10 Å². The second kappa shape index (κ2) is 10.5. The fourth-order valence-corrected chi connectivity index (χ4v) is 2.73. The molecule has 0 aromatic heterocycles. The molecule has 150 valence electrons. The molecule has 6 heteroatoms. The van der Waals surface area contributed by atoms with Crippen molar-refractivity contribution in [2.24, 2.45) is 0 Å². The Bertz CT molecular complexity index is 807. The second-order valence-corrected chi connectivity index (χ2v) is 6.48. The Morgan fingerprint density at radius 3 is 2.57 bits per heavy atom. The zero-order valence-electron chi connectivity index (χ0n) is 16.9. The highest BCUT2D eigenvalue weighted by Crippen LogP contribution is 2.19. The van der Waals surface area contributed by atoms with Crippen LogP contribution >= 0.6 is 0 Å². The van der Waals surface area contributed by atoms with E-state index in [0.29, 0.717) is 25.4 Å². The predicted octanol–water partition coefficient (Wildman–Crippen LogP) is 3.61. The third kappa shape index (κ3) is 6.09. The Kier molecular flexibility index (Phi) is 8.02. The fraction of sp³-hybridized carbons (Fsp3) is 0.364. The average molecular weight is 384 g/mol. The van der Waals surface area contributed by atoms with E-state index in [1.807, 2.05) is 55.5 Å². The molecule has 0 spiro atoms. The van der Waals surface area contributed by atoms with Gasteiger partial charge in [0, 0.05) is 25.7 Å². The van der Waals surface area contributed by atoms with Gasteiger partial charge in [0.25, 0.3) is 5.91 Å². The van der Waals surface area contributed by atoms with E-state index >= 15 is 0 Å². The Balaban J connectivity index is 1.98. The number of carbonyl (C=O) groups is 2. The van der Waals surface area contributed by atoms with Crippen LogP contribution in [0, 0.1) is 0 Å². The monoisotopic (exact) mass is 384 g/mol. The lowest BCUT2D eigenvalue weighted by molar-refractivity contribution is -0.129. The number of ether oxygens (including phenoxy) is 2. The standard InChI is InChI=1S/C22H28N2O4/c1-5-24(17(3)25)14-19-10-6-7-12-21(19)23-22(26)16(2)28-15-18-9-8-11-20(13-18)27-4/h6-13,16H,5,14-15H2,1-4H3,(H,23,26). The van der Waals surface area contributed by atoms with Gasteiger partial charge in [-0.2, -0.15) is 0 Å². The molecule has 0 bridgehead atoms. The lowest BCUT2D eigenvalue weighted by atomic mass is 10.1. The maximum absolute atomic E-state index is 12.6. The van der Waals surface area contributed by atoms with Crippen LogP contribution in [0.1, 0.15) is 31.9 Å². The summed E-state index contributed by atoms with van der Waals surface area (Å²) in [7, 11) is 1.61. The number of methoxy groups -OCH3 is 1. The quantitative estimate of drug-likeness (QED) is 0.717. The molecule has 2 rings (SSSR count). The predicted molar refractivity (Wildman–Crippen MR) is 109 cm³/mol. The summed E-state index contributed by atoms with van der Waals surface area (Å²) >= 11 is 0. The number of benzene rings is 2. The highest BCUT2D eigenvalue weighted by Gasteiger charge is 2.16. The van der Waals surface area contributed by atoms with Crippen molar-refractivity contribution in [2.45, 2.75) is 40.0 Å². The van der Waals surface area contributed by atoms with Crippen LogP contribution in [-0.4, -0.2) is 36.5 Å². The van der Waals surface area contributed by atoms with Gasteiger partial charge in [-0.15, -0.1) is 0 Å². The largest absolute Gasteiger partial charge is 0.497 e. The van der Waals surface area contributed by atoms with Crippen molar-refractivity contribution in [3.8, 4) is 5.75 Å². The van der Waals surface area contributed by atoms with Gasteiger partial charge in [0.1, 0.15) is 11.9 Å².